The Morgan fingerprint density at radius 2 is 1.68 bits per heavy atom. The number of aromatic nitrogens is 4. The van der Waals surface area contributed by atoms with Crippen molar-refractivity contribution < 1.29 is 0 Å². The lowest BCUT2D eigenvalue weighted by molar-refractivity contribution is 0.642. The normalized spacial score (nSPS) is 14.6. The minimum atomic E-state index is 0.887. The molecule has 0 bridgehead atoms. The van der Waals surface area contributed by atoms with Crippen LogP contribution in [0.1, 0.15) is 0 Å². The van der Waals surface area contributed by atoms with Crippen molar-refractivity contribution in [2.24, 2.45) is 0 Å². The molecule has 4 heterocycles. The highest BCUT2D eigenvalue weighted by molar-refractivity contribution is 9.10. The smallest absolute Gasteiger partial charge is 0.147 e. The number of nitrogens with zero attached hydrogens (tertiary/aromatic N) is 6. The number of thiophene rings is 1. The molecule has 28 heavy (non-hydrogen) atoms. The molecule has 0 aliphatic carbocycles. The maximum atomic E-state index is 4.67. The number of benzene rings is 1. The first-order valence-electron chi connectivity index (χ1n) is 9.03. The van der Waals surface area contributed by atoms with E-state index in [4.69, 9.17) is 0 Å². The van der Waals surface area contributed by atoms with Crippen LogP contribution < -0.4 is 9.80 Å². The molecule has 140 valence electrons. The highest BCUT2D eigenvalue weighted by atomic mass is 79.9. The summed E-state index contributed by atoms with van der Waals surface area (Å²) in [7, 11) is 0. The van der Waals surface area contributed by atoms with Gasteiger partial charge in [-0.2, -0.15) is 0 Å². The first-order chi connectivity index (χ1) is 13.8. The third kappa shape index (κ3) is 3.22. The zero-order valence-electron chi connectivity index (χ0n) is 15.0. The molecular weight excluding hydrogens is 436 g/mol. The fraction of sp³-hybridized carbons (Fsp3) is 0.200. The van der Waals surface area contributed by atoms with E-state index < -0.39 is 0 Å². The summed E-state index contributed by atoms with van der Waals surface area (Å²) in [6, 6.07) is 8.41. The molecule has 1 fully saturated rings. The van der Waals surface area contributed by atoms with Crippen LogP contribution in [-0.4, -0.2) is 46.1 Å². The summed E-state index contributed by atoms with van der Waals surface area (Å²) in [5.74, 6) is 1.95. The van der Waals surface area contributed by atoms with Crippen LogP contribution in [0.5, 0.6) is 0 Å². The number of halogens is 1. The molecule has 1 aliphatic heterocycles. The maximum absolute atomic E-state index is 4.67. The van der Waals surface area contributed by atoms with Gasteiger partial charge in [0.25, 0.3) is 0 Å². The Morgan fingerprint density at radius 3 is 2.43 bits per heavy atom. The van der Waals surface area contributed by atoms with Crippen LogP contribution >= 0.6 is 27.3 Å². The number of anilines is 2. The van der Waals surface area contributed by atoms with E-state index >= 15 is 0 Å². The third-order valence-corrected chi connectivity index (χ3v) is 6.37. The van der Waals surface area contributed by atoms with Crippen LogP contribution in [0.15, 0.2) is 59.0 Å². The van der Waals surface area contributed by atoms with Gasteiger partial charge in [-0.3, -0.25) is 4.98 Å². The minimum absolute atomic E-state index is 0.887. The van der Waals surface area contributed by atoms with Gasteiger partial charge >= 0.3 is 0 Å². The van der Waals surface area contributed by atoms with Crippen molar-refractivity contribution in [1.29, 1.82) is 0 Å². The Labute approximate surface area is 175 Å². The van der Waals surface area contributed by atoms with Crippen molar-refractivity contribution in [3.05, 3.63) is 59.0 Å². The number of hydrogen-bond donors (Lipinski definition) is 0. The van der Waals surface area contributed by atoms with Crippen LogP contribution in [0.4, 0.5) is 11.6 Å². The zero-order valence-corrected chi connectivity index (χ0v) is 17.4. The van der Waals surface area contributed by atoms with E-state index in [1.54, 1.807) is 30.1 Å². The third-order valence-electron chi connectivity index (χ3n) is 4.96. The van der Waals surface area contributed by atoms with E-state index in [0.29, 0.717) is 0 Å². The van der Waals surface area contributed by atoms with Crippen LogP contribution in [0.25, 0.3) is 21.3 Å². The Kier molecular flexibility index (Phi) is 4.66. The van der Waals surface area contributed by atoms with Crippen LogP contribution in [0, 0.1) is 0 Å². The average molecular weight is 453 g/mol. The maximum Gasteiger partial charge on any atom is 0.147 e. The van der Waals surface area contributed by atoms with Gasteiger partial charge in [-0.05, 0) is 17.7 Å². The van der Waals surface area contributed by atoms with Gasteiger partial charge in [-0.1, -0.05) is 28.1 Å². The first kappa shape index (κ1) is 17.5. The summed E-state index contributed by atoms with van der Waals surface area (Å²) in [5, 5.41) is 3.32. The molecular formula is C20H17BrN6S. The van der Waals surface area contributed by atoms with Gasteiger partial charge in [-0.15, -0.1) is 11.3 Å². The van der Waals surface area contributed by atoms with E-state index in [9.17, 15) is 0 Å². The van der Waals surface area contributed by atoms with E-state index in [0.717, 1.165) is 52.5 Å². The molecule has 8 heteroatoms. The standard InChI is InChI=1S/C20H17BrN6S/c21-15-3-1-14(2-4-15)16-12-28-20-18(16)19(24-13-25-20)27-9-7-26(8-10-27)17-11-22-5-6-23-17/h1-6,11-13H,7-10H2. The van der Waals surface area contributed by atoms with Crippen molar-refractivity contribution >= 4 is 49.1 Å². The Balaban J connectivity index is 1.47. The molecule has 1 aliphatic rings. The molecule has 0 radical (unpaired) electrons. The molecule has 1 aromatic carbocycles. The lowest BCUT2D eigenvalue weighted by Gasteiger charge is -2.36. The van der Waals surface area contributed by atoms with Gasteiger partial charge in [0.15, 0.2) is 0 Å². The van der Waals surface area contributed by atoms with Crippen LogP contribution in [-0.2, 0) is 0 Å². The second-order valence-electron chi connectivity index (χ2n) is 6.57. The summed E-state index contributed by atoms with van der Waals surface area (Å²) >= 11 is 5.19. The SMILES string of the molecule is Brc1ccc(-c2csc3ncnc(N4CCN(c5cnccn5)CC4)c23)cc1. The summed E-state index contributed by atoms with van der Waals surface area (Å²) in [6.45, 7) is 3.56. The number of rotatable bonds is 3. The van der Waals surface area contributed by atoms with E-state index in [-0.39, 0.29) is 0 Å². The molecule has 0 saturated carbocycles. The highest BCUT2D eigenvalue weighted by Crippen LogP contribution is 2.38. The molecule has 5 rings (SSSR count). The zero-order chi connectivity index (χ0) is 18.9. The van der Waals surface area contributed by atoms with E-state index in [2.05, 4.69) is 75.3 Å². The molecule has 1 saturated heterocycles. The molecule has 6 nitrogen and oxygen atoms in total. The predicted octanol–water partition coefficient (Wildman–Crippen LogP) is 4.24. The fourth-order valence-corrected chi connectivity index (χ4v) is 4.72. The minimum Gasteiger partial charge on any atom is -0.352 e. The van der Waals surface area contributed by atoms with Gasteiger partial charge in [0.2, 0.25) is 0 Å². The van der Waals surface area contributed by atoms with Gasteiger partial charge < -0.3 is 9.80 Å². The molecule has 0 N–H and O–H groups in total. The Hall–Kier alpha value is -2.58. The van der Waals surface area contributed by atoms with Crippen molar-refractivity contribution in [2.75, 3.05) is 36.0 Å². The average Bonchev–Trinajstić information content (AvgIpc) is 3.19. The van der Waals surface area contributed by atoms with Crippen molar-refractivity contribution in [2.45, 2.75) is 0 Å². The fourth-order valence-electron chi connectivity index (χ4n) is 3.54. The lowest BCUT2D eigenvalue weighted by Crippen LogP contribution is -2.47. The monoisotopic (exact) mass is 452 g/mol. The Morgan fingerprint density at radius 1 is 0.893 bits per heavy atom. The van der Waals surface area contributed by atoms with Crippen LogP contribution in [0.3, 0.4) is 0 Å². The molecule has 0 spiro atoms. The van der Waals surface area contributed by atoms with Gasteiger partial charge in [0.1, 0.15) is 22.8 Å². The Bertz CT molecular complexity index is 1090. The van der Waals surface area contributed by atoms with Crippen molar-refractivity contribution in [3.8, 4) is 11.1 Å². The molecule has 0 atom stereocenters. The van der Waals surface area contributed by atoms with Crippen molar-refractivity contribution in [1.82, 2.24) is 19.9 Å². The molecule has 0 unspecified atom stereocenters. The highest BCUT2D eigenvalue weighted by Gasteiger charge is 2.23. The summed E-state index contributed by atoms with van der Waals surface area (Å²) in [6.07, 6.45) is 6.95. The quantitative estimate of drug-likeness (QED) is 0.463. The van der Waals surface area contributed by atoms with Gasteiger partial charge in [-0.25, -0.2) is 15.0 Å². The topological polar surface area (TPSA) is 58.0 Å². The number of hydrogen-bond acceptors (Lipinski definition) is 7. The molecule has 3 aromatic heterocycles. The number of fused-ring (bicyclic) bond motifs is 1. The second-order valence-corrected chi connectivity index (χ2v) is 8.35. The van der Waals surface area contributed by atoms with Crippen molar-refractivity contribution in [3.63, 3.8) is 0 Å². The first-order valence-corrected chi connectivity index (χ1v) is 10.7. The van der Waals surface area contributed by atoms with Crippen LogP contribution in [0.2, 0.25) is 0 Å². The number of piperazine rings is 1. The van der Waals surface area contributed by atoms with Gasteiger partial charge in [0, 0.05) is 54.0 Å². The summed E-state index contributed by atoms with van der Waals surface area (Å²) < 4.78 is 1.08. The second kappa shape index (κ2) is 7.44. The summed E-state index contributed by atoms with van der Waals surface area (Å²) in [4.78, 5) is 23.4. The van der Waals surface area contributed by atoms with E-state index in [1.165, 1.54) is 11.1 Å². The largest absolute Gasteiger partial charge is 0.352 e. The predicted molar refractivity (Wildman–Crippen MR) is 117 cm³/mol. The van der Waals surface area contributed by atoms with E-state index in [1.807, 2.05) is 6.20 Å². The van der Waals surface area contributed by atoms with Gasteiger partial charge in [0.05, 0.1) is 11.6 Å². The molecule has 4 aromatic rings. The summed E-state index contributed by atoms with van der Waals surface area (Å²) in [5.41, 5.74) is 2.38. The lowest BCUT2D eigenvalue weighted by atomic mass is 10.1. The molecule has 0 amide bonds.